The van der Waals surface area contributed by atoms with E-state index < -0.39 is 11.8 Å². The summed E-state index contributed by atoms with van der Waals surface area (Å²) in [5, 5.41) is 0. The predicted molar refractivity (Wildman–Crippen MR) is 66.8 cm³/mol. The van der Waals surface area contributed by atoms with Gasteiger partial charge in [-0.05, 0) is 43.5 Å². The van der Waals surface area contributed by atoms with Crippen LogP contribution in [0.5, 0.6) is 0 Å². The summed E-state index contributed by atoms with van der Waals surface area (Å²) in [4.78, 5) is 13.4. The second kappa shape index (κ2) is 5.48. The van der Waals surface area contributed by atoms with Crippen LogP contribution in [0, 0.1) is 11.7 Å². The van der Waals surface area contributed by atoms with Crippen LogP contribution < -0.4 is 0 Å². The van der Waals surface area contributed by atoms with Crippen LogP contribution in [0.25, 0.3) is 0 Å². The zero-order valence-corrected chi connectivity index (χ0v) is 10.8. The minimum atomic E-state index is -0.634. The van der Waals surface area contributed by atoms with E-state index >= 15 is 0 Å². The fourth-order valence-electron chi connectivity index (χ4n) is 2.05. The van der Waals surface area contributed by atoms with Crippen LogP contribution in [0.4, 0.5) is 4.39 Å². The molecule has 0 aromatic heterocycles. The van der Waals surface area contributed by atoms with E-state index in [-0.39, 0.29) is 5.56 Å². The number of carbonyl (C=O) groups excluding carboxylic acids is 1. The van der Waals surface area contributed by atoms with Crippen molar-refractivity contribution >= 4 is 5.97 Å². The highest BCUT2D eigenvalue weighted by atomic mass is 19.1. The van der Waals surface area contributed by atoms with Crippen LogP contribution in [-0.4, -0.2) is 31.6 Å². The Morgan fingerprint density at radius 1 is 1.50 bits per heavy atom. The highest BCUT2D eigenvalue weighted by Crippen LogP contribution is 2.29. The molecule has 0 aliphatic heterocycles. The van der Waals surface area contributed by atoms with E-state index in [0.29, 0.717) is 6.54 Å². The summed E-state index contributed by atoms with van der Waals surface area (Å²) in [6.07, 6.45) is 2.61. The Labute approximate surface area is 107 Å². The van der Waals surface area contributed by atoms with E-state index in [1.807, 2.05) is 7.05 Å². The van der Waals surface area contributed by atoms with Crippen LogP contribution in [-0.2, 0) is 11.3 Å². The Bertz CT molecular complexity index is 443. The minimum Gasteiger partial charge on any atom is -0.465 e. The molecular weight excluding hydrogens is 233 g/mol. The molecule has 0 N–H and O–H groups in total. The first-order valence-electron chi connectivity index (χ1n) is 6.15. The van der Waals surface area contributed by atoms with Gasteiger partial charge in [0.25, 0.3) is 0 Å². The van der Waals surface area contributed by atoms with E-state index in [1.165, 1.54) is 32.1 Å². The number of rotatable bonds is 5. The second-order valence-electron chi connectivity index (χ2n) is 4.95. The maximum atomic E-state index is 13.7. The van der Waals surface area contributed by atoms with E-state index in [2.05, 4.69) is 9.64 Å². The van der Waals surface area contributed by atoms with E-state index in [1.54, 1.807) is 6.07 Å². The number of halogens is 1. The van der Waals surface area contributed by atoms with Gasteiger partial charge < -0.3 is 9.64 Å². The Hall–Kier alpha value is -1.42. The zero-order valence-electron chi connectivity index (χ0n) is 10.8. The van der Waals surface area contributed by atoms with Gasteiger partial charge in [0, 0.05) is 13.1 Å². The fraction of sp³-hybridized carbons (Fsp3) is 0.500. The van der Waals surface area contributed by atoms with Crippen molar-refractivity contribution in [3.05, 3.63) is 35.1 Å². The molecular formula is C14H18FNO2. The maximum absolute atomic E-state index is 13.7. The smallest absolute Gasteiger partial charge is 0.340 e. The first kappa shape index (κ1) is 13.0. The number of hydrogen-bond donors (Lipinski definition) is 0. The van der Waals surface area contributed by atoms with E-state index in [0.717, 1.165) is 18.0 Å². The lowest BCUT2D eigenvalue weighted by molar-refractivity contribution is 0.0595. The summed E-state index contributed by atoms with van der Waals surface area (Å²) in [5.74, 6) is -0.334. The maximum Gasteiger partial charge on any atom is 0.340 e. The SMILES string of the molecule is COC(=O)c1ccc(CN(C)CC2CC2)cc1F. The average Bonchev–Trinajstić information content (AvgIpc) is 3.12. The van der Waals surface area contributed by atoms with Crippen molar-refractivity contribution in [2.24, 2.45) is 5.92 Å². The van der Waals surface area contributed by atoms with Crippen molar-refractivity contribution < 1.29 is 13.9 Å². The Morgan fingerprint density at radius 2 is 2.22 bits per heavy atom. The number of benzene rings is 1. The number of carbonyl (C=O) groups is 1. The quantitative estimate of drug-likeness (QED) is 0.753. The number of hydrogen-bond acceptors (Lipinski definition) is 3. The molecule has 3 nitrogen and oxygen atoms in total. The molecule has 0 saturated heterocycles. The fourth-order valence-corrected chi connectivity index (χ4v) is 2.05. The highest BCUT2D eigenvalue weighted by Gasteiger charge is 2.22. The molecule has 98 valence electrons. The molecule has 1 aliphatic carbocycles. The molecule has 1 aliphatic rings. The van der Waals surface area contributed by atoms with Crippen molar-refractivity contribution in [1.82, 2.24) is 4.90 Å². The third kappa shape index (κ3) is 3.29. The van der Waals surface area contributed by atoms with Gasteiger partial charge in [0.2, 0.25) is 0 Å². The first-order valence-corrected chi connectivity index (χ1v) is 6.15. The lowest BCUT2D eigenvalue weighted by Gasteiger charge is -2.16. The van der Waals surface area contributed by atoms with Gasteiger partial charge in [-0.3, -0.25) is 0 Å². The standard InChI is InChI=1S/C14H18FNO2/c1-16(8-10-3-4-10)9-11-5-6-12(13(15)7-11)14(17)18-2/h5-7,10H,3-4,8-9H2,1-2H3. The summed E-state index contributed by atoms with van der Waals surface area (Å²) >= 11 is 0. The molecule has 0 atom stereocenters. The van der Waals surface area contributed by atoms with Gasteiger partial charge in [-0.15, -0.1) is 0 Å². The van der Waals surface area contributed by atoms with Gasteiger partial charge in [-0.25, -0.2) is 9.18 Å². The third-order valence-corrected chi connectivity index (χ3v) is 3.16. The Balaban J connectivity index is 2.01. The van der Waals surface area contributed by atoms with Crippen molar-refractivity contribution in [3.63, 3.8) is 0 Å². The molecule has 2 rings (SSSR count). The molecule has 0 bridgehead atoms. The number of ether oxygens (including phenoxy) is 1. The lowest BCUT2D eigenvalue weighted by atomic mass is 10.1. The molecule has 1 saturated carbocycles. The number of methoxy groups -OCH3 is 1. The molecule has 1 aromatic carbocycles. The van der Waals surface area contributed by atoms with Crippen LogP contribution in [0.3, 0.4) is 0 Å². The topological polar surface area (TPSA) is 29.5 Å². The van der Waals surface area contributed by atoms with Gasteiger partial charge in [-0.1, -0.05) is 6.07 Å². The van der Waals surface area contributed by atoms with Gasteiger partial charge in [-0.2, -0.15) is 0 Å². The summed E-state index contributed by atoms with van der Waals surface area (Å²) in [7, 11) is 3.28. The Morgan fingerprint density at radius 3 is 2.78 bits per heavy atom. The molecule has 4 heteroatoms. The molecule has 1 fully saturated rings. The highest BCUT2D eigenvalue weighted by molar-refractivity contribution is 5.89. The van der Waals surface area contributed by atoms with Crippen molar-refractivity contribution in [2.45, 2.75) is 19.4 Å². The number of esters is 1. The van der Waals surface area contributed by atoms with Crippen LogP contribution in [0.2, 0.25) is 0 Å². The van der Waals surface area contributed by atoms with Crippen LogP contribution in [0.1, 0.15) is 28.8 Å². The molecule has 0 unspecified atom stereocenters. The second-order valence-corrected chi connectivity index (χ2v) is 4.95. The lowest BCUT2D eigenvalue weighted by Crippen LogP contribution is -2.20. The molecule has 0 radical (unpaired) electrons. The van der Waals surface area contributed by atoms with Gasteiger partial charge in [0.15, 0.2) is 0 Å². The summed E-state index contributed by atoms with van der Waals surface area (Å²) < 4.78 is 18.2. The van der Waals surface area contributed by atoms with Crippen molar-refractivity contribution in [3.8, 4) is 0 Å². The van der Waals surface area contributed by atoms with Gasteiger partial charge in [0.1, 0.15) is 5.82 Å². The third-order valence-electron chi connectivity index (χ3n) is 3.16. The van der Waals surface area contributed by atoms with Crippen molar-refractivity contribution in [1.29, 1.82) is 0 Å². The molecule has 18 heavy (non-hydrogen) atoms. The van der Waals surface area contributed by atoms with Gasteiger partial charge in [0.05, 0.1) is 12.7 Å². The largest absolute Gasteiger partial charge is 0.465 e. The Kier molecular flexibility index (Phi) is 3.97. The molecule has 0 heterocycles. The first-order chi connectivity index (χ1) is 8.60. The average molecular weight is 251 g/mol. The summed E-state index contributed by atoms with van der Waals surface area (Å²) in [6.45, 7) is 1.76. The van der Waals surface area contributed by atoms with E-state index in [4.69, 9.17) is 0 Å². The summed E-state index contributed by atoms with van der Waals surface area (Å²) in [6, 6.07) is 4.68. The molecule has 0 spiro atoms. The van der Waals surface area contributed by atoms with Crippen LogP contribution in [0.15, 0.2) is 18.2 Å². The monoisotopic (exact) mass is 251 g/mol. The van der Waals surface area contributed by atoms with E-state index in [9.17, 15) is 9.18 Å². The molecule has 0 amide bonds. The van der Waals surface area contributed by atoms with Crippen LogP contribution >= 0.6 is 0 Å². The van der Waals surface area contributed by atoms with Crippen molar-refractivity contribution in [2.75, 3.05) is 20.7 Å². The molecule has 1 aromatic rings. The number of nitrogens with zero attached hydrogens (tertiary/aromatic N) is 1. The zero-order chi connectivity index (χ0) is 13.1. The summed E-state index contributed by atoms with van der Waals surface area (Å²) in [5.41, 5.74) is 0.870. The predicted octanol–water partition coefficient (Wildman–Crippen LogP) is 2.45. The van der Waals surface area contributed by atoms with Gasteiger partial charge >= 0.3 is 5.97 Å². The minimum absolute atomic E-state index is 0.00824. The normalized spacial score (nSPS) is 14.9.